The number of nitrogens with zero attached hydrogens (tertiary/aromatic N) is 2. The number of rotatable bonds is 4. The van der Waals surface area contributed by atoms with Crippen molar-refractivity contribution in [2.75, 3.05) is 6.54 Å². The number of hydrogen-bond acceptors (Lipinski definition) is 2. The topological polar surface area (TPSA) is 29.9 Å². The van der Waals surface area contributed by atoms with Crippen molar-refractivity contribution >= 4 is 38.5 Å². The van der Waals surface area contributed by atoms with E-state index in [1.165, 1.54) is 5.56 Å². The van der Waals surface area contributed by atoms with Crippen molar-refractivity contribution in [3.05, 3.63) is 44.2 Å². The number of hydrogen-bond donors (Lipinski definition) is 1. The number of nitrogens with one attached hydrogen (secondary N) is 1. The van der Waals surface area contributed by atoms with Crippen molar-refractivity contribution < 1.29 is 0 Å². The van der Waals surface area contributed by atoms with Gasteiger partial charge in [-0.3, -0.25) is 0 Å². The highest BCUT2D eigenvalue weighted by molar-refractivity contribution is 14.1. The molecule has 0 saturated carbocycles. The van der Waals surface area contributed by atoms with Gasteiger partial charge in [0.25, 0.3) is 0 Å². The molecule has 2 rings (SSSR count). The van der Waals surface area contributed by atoms with Gasteiger partial charge in [-0.1, -0.05) is 13.0 Å². The maximum absolute atomic E-state index is 4.32. The van der Waals surface area contributed by atoms with Gasteiger partial charge in [-0.15, -0.1) is 0 Å². The normalized spacial score (nSPS) is 12.7. The fraction of sp³-hybridized carbons (Fsp3) is 0.308. The number of halogens is 2. The van der Waals surface area contributed by atoms with Gasteiger partial charge in [-0.05, 0) is 69.7 Å². The van der Waals surface area contributed by atoms with Crippen LogP contribution >= 0.6 is 38.5 Å². The lowest BCUT2D eigenvalue weighted by Crippen LogP contribution is -2.17. The molecule has 0 fully saturated rings. The zero-order valence-corrected chi connectivity index (χ0v) is 14.1. The van der Waals surface area contributed by atoms with E-state index in [0.717, 1.165) is 20.3 Å². The van der Waals surface area contributed by atoms with Crippen LogP contribution in [0.2, 0.25) is 0 Å². The zero-order valence-electron chi connectivity index (χ0n) is 10.3. The van der Waals surface area contributed by atoms with E-state index in [1.54, 1.807) is 0 Å². The second kappa shape index (κ2) is 6.16. The summed E-state index contributed by atoms with van der Waals surface area (Å²) >= 11 is 5.88. The van der Waals surface area contributed by atoms with E-state index >= 15 is 0 Å². The van der Waals surface area contributed by atoms with Crippen LogP contribution in [0.15, 0.2) is 35.1 Å². The predicted octanol–water partition coefficient (Wildman–Crippen LogP) is 3.91. The Hall–Kier alpha value is -0.400. The Morgan fingerprint density at radius 2 is 2.28 bits per heavy atom. The first-order chi connectivity index (χ1) is 8.61. The lowest BCUT2D eigenvalue weighted by atomic mass is 10.1. The molecule has 0 aliphatic heterocycles. The molecule has 1 unspecified atom stereocenters. The molecule has 1 aromatic heterocycles. The van der Waals surface area contributed by atoms with E-state index in [2.05, 4.69) is 81.0 Å². The Bertz CT molecular complexity index is 539. The first-order valence-corrected chi connectivity index (χ1v) is 7.72. The standard InChI is InChI=1S/C13H15BrIN3/c1-3-16-9(2)10-4-5-13(12(14)6-10)18-8-11(15)7-17-18/h4-9,16H,3H2,1-2H3. The van der Waals surface area contributed by atoms with Crippen LogP contribution in [0.25, 0.3) is 5.69 Å². The highest BCUT2D eigenvalue weighted by Gasteiger charge is 2.08. The van der Waals surface area contributed by atoms with E-state index in [1.807, 2.05) is 17.1 Å². The summed E-state index contributed by atoms with van der Waals surface area (Å²) in [5, 5.41) is 7.73. The summed E-state index contributed by atoms with van der Waals surface area (Å²) in [5.41, 5.74) is 2.33. The third-order valence-electron chi connectivity index (χ3n) is 2.78. The highest BCUT2D eigenvalue weighted by Crippen LogP contribution is 2.25. The van der Waals surface area contributed by atoms with Crippen LogP contribution in [0.3, 0.4) is 0 Å². The molecular formula is C13H15BrIN3. The van der Waals surface area contributed by atoms with Crippen molar-refractivity contribution in [3.63, 3.8) is 0 Å². The molecule has 2 aromatic rings. The summed E-state index contributed by atoms with van der Waals surface area (Å²) in [4.78, 5) is 0. The second-order valence-electron chi connectivity index (χ2n) is 4.09. The molecule has 1 aromatic carbocycles. The summed E-state index contributed by atoms with van der Waals surface area (Å²) < 4.78 is 4.07. The van der Waals surface area contributed by atoms with Crippen molar-refractivity contribution in [1.82, 2.24) is 15.1 Å². The quantitative estimate of drug-likeness (QED) is 0.761. The van der Waals surface area contributed by atoms with Gasteiger partial charge in [0.15, 0.2) is 0 Å². The molecule has 96 valence electrons. The third-order valence-corrected chi connectivity index (χ3v) is 3.97. The Morgan fingerprint density at radius 1 is 1.50 bits per heavy atom. The molecule has 0 aliphatic carbocycles. The van der Waals surface area contributed by atoms with Crippen molar-refractivity contribution in [2.45, 2.75) is 19.9 Å². The van der Waals surface area contributed by atoms with Gasteiger partial charge >= 0.3 is 0 Å². The van der Waals surface area contributed by atoms with E-state index in [-0.39, 0.29) is 0 Å². The maximum Gasteiger partial charge on any atom is 0.0788 e. The summed E-state index contributed by atoms with van der Waals surface area (Å²) in [6, 6.07) is 6.74. The van der Waals surface area contributed by atoms with Gasteiger partial charge in [0.05, 0.1) is 15.5 Å². The minimum Gasteiger partial charge on any atom is -0.310 e. The minimum atomic E-state index is 0.359. The van der Waals surface area contributed by atoms with Gasteiger partial charge in [-0.25, -0.2) is 4.68 Å². The minimum absolute atomic E-state index is 0.359. The van der Waals surface area contributed by atoms with E-state index in [0.29, 0.717) is 6.04 Å². The van der Waals surface area contributed by atoms with Crippen LogP contribution in [0.5, 0.6) is 0 Å². The van der Waals surface area contributed by atoms with Gasteiger partial charge < -0.3 is 5.32 Å². The van der Waals surface area contributed by atoms with E-state index in [9.17, 15) is 0 Å². The maximum atomic E-state index is 4.32. The van der Waals surface area contributed by atoms with E-state index in [4.69, 9.17) is 0 Å². The number of benzene rings is 1. The first kappa shape index (κ1) is 14.0. The lowest BCUT2D eigenvalue weighted by molar-refractivity contribution is 0.597. The lowest BCUT2D eigenvalue weighted by Gasteiger charge is -2.14. The molecule has 1 N–H and O–H groups in total. The Morgan fingerprint density at radius 3 is 2.83 bits per heavy atom. The van der Waals surface area contributed by atoms with Crippen LogP contribution in [0.1, 0.15) is 25.5 Å². The van der Waals surface area contributed by atoms with E-state index < -0.39 is 0 Å². The molecule has 0 spiro atoms. The number of aromatic nitrogens is 2. The monoisotopic (exact) mass is 419 g/mol. The van der Waals surface area contributed by atoms with Crippen LogP contribution in [-0.4, -0.2) is 16.3 Å². The van der Waals surface area contributed by atoms with Gasteiger partial charge in [-0.2, -0.15) is 5.10 Å². The van der Waals surface area contributed by atoms with Gasteiger partial charge in [0.1, 0.15) is 0 Å². The summed E-state index contributed by atoms with van der Waals surface area (Å²) in [5.74, 6) is 0. The summed E-state index contributed by atoms with van der Waals surface area (Å²) in [6.45, 7) is 5.26. The highest BCUT2D eigenvalue weighted by atomic mass is 127. The van der Waals surface area contributed by atoms with Crippen molar-refractivity contribution in [3.8, 4) is 5.69 Å². The summed E-state index contributed by atoms with van der Waals surface area (Å²) in [6.07, 6.45) is 3.86. The molecule has 0 aliphatic rings. The predicted molar refractivity (Wildman–Crippen MR) is 86.1 cm³/mol. The van der Waals surface area contributed by atoms with Crippen LogP contribution in [0.4, 0.5) is 0 Å². The molecule has 18 heavy (non-hydrogen) atoms. The third kappa shape index (κ3) is 3.13. The Labute approximate surface area is 129 Å². The Kier molecular flexibility index (Phi) is 4.80. The smallest absolute Gasteiger partial charge is 0.0788 e. The average molecular weight is 420 g/mol. The van der Waals surface area contributed by atoms with Crippen LogP contribution in [-0.2, 0) is 0 Å². The molecular weight excluding hydrogens is 405 g/mol. The van der Waals surface area contributed by atoms with Crippen molar-refractivity contribution in [2.24, 2.45) is 0 Å². The fourth-order valence-electron chi connectivity index (χ4n) is 1.83. The van der Waals surface area contributed by atoms with Gasteiger partial charge in [0.2, 0.25) is 0 Å². The molecule has 0 radical (unpaired) electrons. The van der Waals surface area contributed by atoms with Crippen LogP contribution in [0, 0.1) is 3.57 Å². The van der Waals surface area contributed by atoms with Gasteiger partial charge in [0, 0.05) is 16.7 Å². The molecule has 0 bridgehead atoms. The molecule has 3 nitrogen and oxygen atoms in total. The molecule has 0 saturated heterocycles. The SMILES string of the molecule is CCNC(C)c1ccc(-n2cc(I)cn2)c(Br)c1. The molecule has 1 heterocycles. The fourth-order valence-corrected chi connectivity index (χ4v) is 2.80. The summed E-state index contributed by atoms with van der Waals surface area (Å²) in [7, 11) is 0. The largest absolute Gasteiger partial charge is 0.310 e. The zero-order chi connectivity index (χ0) is 13.1. The molecule has 5 heteroatoms. The van der Waals surface area contributed by atoms with Crippen LogP contribution < -0.4 is 5.32 Å². The second-order valence-corrected chi connectivity index (χ2v) is 6.19. The average Bonchev–Trinajstić information content (AvgIpc) is 2.76. The van der Waals surface area contributed by atoms with Crippen molar-refractivity contribution in [1.29, 1.82) is 0 Å². The molecule has 0 amide bonds. The Balaban J connectivity index is 2.30. The molecule has 1 atom stereocenters. The first-order valence-electron chi connectivity index (χ1n) is 5.85.